The van der Waals surface area contributed by atoms with Crippen LogP contribution in [0.2, 0.25) is 5.02 Å². The van der Waals surface area contributed by atoms with Gasteiger partial charge < -0.3 is 18.6 Å². The predicted octanol–water partition coefficient (Wildman–Crippen LogP) is 4.72. The number of ether oxygens (including phenoxy) is 3. The first kappa shape index (κ1) is 20.4. The Bertz CT molecular complexity index is 1020. The Hall–Kier alpha value is -3.32. The van der Waals surface area contributed by atoms with Crippen molar-refractivity contribution in [2.24, 2.45) is 0 Å². The number of nitrogens with zero attached hydrogens (tertiary/aromatic N) is 2. The van der Waals surface area contributed by atoms with Gasteiger partial charge in [-0.15, -0.1) is 10.2 Å². The average molecular weight is 415 g/mol. The Balaban J connectivity index is 1.66. The minimum atomic E-state index is -0.703. The Morgan fingerprint density at radius 3 is 2.59 bits per heavy atom. The molecule has 0 unspecified atom stereocenters. The summed E-state index contributed by atoms with van der Waals surface area (Å²) >= 11 is 6.16. The summed E-state index contributed by atoms with van der Waals surface area (Å²) in [5.74, 6) is 0.885. The standard InChI is InChI=1S/C21H19ClN2O5/c1-13(20-23-24-21(29-20)15-7-5-4-6-8-15)28-18(25)10-9-14-11-16(22)19(27-3)17(12-14)26-2/h4-13H,1-3H3/b10-9+/t13-/m0/s1. The Labute approximate surface area is 172 Å². The number of esters is 1. The van der Waals surface area contributed by atoms with Gasteiger partial charge in [0.05, 0.1) is 19.2 Å². The molecule has 0 aliphatic heterocycles. The highest BCUT2D eigenvalue weighted by atomic mass is 35.5. The van der Waals surface area contributed by atoms with Gasteiger partial charge in [-0.05, 0) is 42.8 Å². The van der Waals surface area contributed by atoms with Crippen LogP contribution in [-0.2, 0) is 9.53 Å². The van der Waals surface area contributed by atoms with E-state index < -0.39 is 12.1 Å². The summed E-state index contributed by atoms with van der Waals surface area (Å²) in [5, 5.41) is 8.31. The highest BCUT2D eigenvalue weighted by molar-refractivity contribution is 6.32. The minimum Gasteiger partial charge on any atom is -0.493 e. The van der Waals surface area contributed by atoms with Crippen molar-refractivity contribution in [2.75, 3.05) is 14.2 Å². The van der Waals surface area contributed by atoms with Gasteiger partial charge in [-0.3, -0.25) is 0 Å². The van der Waals surface area contributed by atoms with Crippen molar-refractivity contribution in [3.05, 3.63) is 65.0 Å². The highest BCUT2D eigenvalue weighted by Gasteiger charge is 2.18. The molecule has 1 aromatic heterocycles. The summed E-state index contributed by atoms with van der Waals surface area (Å²) in [6, 6.07) is 12.7. The largest absolute Gasteiger partial charge is 0.493 e. The van der Waals surface area contributed by atoms with Crippen LogP contribution in [0.5, 0.6) is 11.5 Å². The zero-order valence-corrected chi connectivity index (χ0v) is 16.8. The van der Waals surface area contributed by atoms with Crippen LogP contribution in [0.4, 0.5) is 0 Å². The fraction of sp³-hybridized carbons (Fsp3) is 0.190. The first-order valence-corrected chi connectivity index (χ1v) is 9.08. The predicted molar refractivity (Wildman–Crippen MR) is 108 cm³/mol. The van der Waals surface area contributed by atoms with Crippen LogP contribution in [0.1, 0.15) is 24.5 Å². The summed E-state index contributed by atoms with van der Waals surface area (Å²) in [4.78, 5) is 12.2. The molecule has 0 spiro atoms. The van der Waals surface area contributed by atoms with Crippen molar-refractivity contribution in [1.82, 2.24) is 10.2 Å². The number of hydrogen-bond donors (Lipinski definition) is 0. The number of hydrogen-bond acceptors (Lipinski definition) is 7. The van der Waals surface area contributed by atoms with Gasteiger partial charge in [-0.2, -0.15) is 0 Å². The summed E-state index contributed by atoms with van der Waals surface area (Å²) < 4.78 is 21.3. The van der Waals surface area contributed by atoms with E-state index >= 15 is 0 Å². The van der Waals surface area contributed by atoms with Gasteiger partial charge in [-0.1, -0.05) is 29.8 Å². The van der Waals surface area contributed by atoms with Crippen LogP contribution < -0.4 is 9.47 Å². The molecule has 0 fully saturated rings. The molecule has 1 atom stereocenters. The lowest BCUT2D eigenvalue weighted by atomic mass is 10.2. The Kier molecular flexibility index (Phi) is 6.51. The van der Waals surface area contributed by atoms with Crippen molar-refractivity contribution >= 4 is 23.6 Å². The number of aromatic nitrogens is 2. The van der Waals surface area contributed by atoms with E-state index in [4.69, 9.17) is 30.2 Å². The molecule has 0 aliphatic rings. The van der Waals surface area contributed by atoms with Gasteiger partial charge in [0.2, 0.25) is 5.89 Å². The van der Waals surface area contributed by atoms with Gasteiger partial charge in [0.15, 0.2) is 17.6 Å². The van der Waals surface area contributed by atoms with Gasteiger partial charge in [0, 0.05) is 11.6 Å². The van der Waals surface area contributed by atoms with Gasteiger partial charge >= 0.3 is 5.97 Å². The molecule has 3 aromatic rings. The lowest BCUT2D eigenvalue weighted by Crippen LogP contribution is -2.06. The van der Waals surface area contributed by atoms with Crippen molar-refractivity contribution < 1.29 is 23.4 Å². The van der Waals surface area contributed by atoms with Crippen LogP contribution in [0.15, 0.2) is 53.0 Å². The van der Waals surface area contributed by atoms with Crippen molar-refractivity contribution in [3.8, 4) is 23.0 Å². The molecule has 1 heterocycles. The number of methoxy groups -OCH3 is 2. The fourth-order valence-electron chi connectivity index (χ4n) is 2.56. The van der Waals surface area contributed by atoms with Crippen LogP contribution in [0.3, 0.4) is 0 Å². The third-order valence-corrected chi connectivity index (χ3v) is 4.25. The molecule has 0 aliphatic carbocycles. The molecule has 0 amide bonds. The van der Waals surface area contributed by atoms with Crippen molar-refractivity contribution in [1.29, 1.82) is 0 Å². The van der Waals surface area contributed by atoms with E-state index in [1.54, 1.807) is 25.1 Å². The molecule has 8 heteroatoms. The summed E-state index contributed by atoms with van der Waals surface area (Å²) in [5.41, 5.74) is 1.44. The summed E-state index contributed by atoms with van der Waals surface area (Å²) in [6.07, 6.45) is 2.14. The maximum absolute atomic E-state index is 12.2. The fourth-order valence-corrected chi connectivity index (χ4v) is 2.85. The van der Waals surface area contributed by atoms with E-state index in [1.807, 2.05) is 30.3 Å². The second-order valence-electron chi connectivity index (χ2n) is 5.96. The maximum Gasteiger partial charge on any atom is 0.331 e. The molecular weight excluding hydrogens is 396 g/mol. The number of halogens is 1. The lowest BCUT2D eigenvalue weighted by molar-refractivity contribution is -0.143. The van der Waals surface area contributed by atoms with Gasteiger partial charge in [-0.25, -0.2) is 4.79 Å². The van der Waals surface area contributed by atoms with E-state index in [0.717, 1.165) is 5.56 Å². The van der Waals surface area contributed by atoms with Crippen LogP contribution in [0, 0.1) is 0 Å². The smallest absolute Gasteiger partial charge is 0.331 e. The zero-order chi connectivity index (χ0) is 20.8. The molecule has 0 saturated carbocycles. The second kappa shape index (κ2) is 9.25. The zero-order valence-electron chi connectivity index (χ0n) is 16.1. The molecule has 7 nitrogen and oxygen atoms in total. The molecule has 3 rings (SSSR count). The molecule has 29 heavy (non-hydrogen) atoms. The van der Waals surface area contributed by atoms with E-state index in [1.165, 1.54) is 20.3 Å². The highest BCUT2D eigenvalue weighted by Crippen LogP contribution is 2.36. The van der Waals surface area contributed by atoms with Crippen molar-refractivity contribution in [2.45, 2.75) is 13.0 Å². The van der Waals surface area contributed by atoms with E-state index in [2.05, 4.69) is 10.2 Å². The number of benzene rings is 2. The quantitative estimate of drug-likeness (QED) is 0.408. The first-order chi connectivity index (χ1) is 14.0. The molecule has 0 saturated heterocycles. The monoisotopic (exact) mass is 414 g/mol. The third kappa shape index (κ3) is 4.94. The molecule has 2 aromatic carbocycles. The van der Waals surface area contributed by atoms with Crippen LogP contribution in [-0.4, -0.2) is 30.4 Å². The van der Waals surface area contributed by atoms with Gasteiger partial charge in [0.1, 0.15) is 0 Å². The van der Waals surface area contributed by atoms with Crippen LogP contribution >= 0.6 is 11.6 Å². The van der Waals surface area contributed by atoms with E-state index in [-0.39, 0.29) is 5.89 Å². The number of rotatable bonds is 7. The molecular formula is C21H19ClN2O5. The topological polar surface area (TPSA) is 83.7 Å². The summed E-state index contributed by atoms with van der Waals surface area (Å²) in [6.45, 7) is 1.65. The van der Waals surface area contributed by atoms with E-state index in [9.17, 15) is 4.79 Å². The molecule has 0 radical (unpaired) electrons. The average Bonchev–Trinajstić information content (AvgIpc) is 3.23. The Morgan fingerprint density at radius 1 is 1.14 bits per heavy atom. The van der Waals surface area contributed by atoms with Crippen molar-refractivity contribution in [3.63, 3.8) is 0 Å². The lowest BCUT2D eigenvalue weighted by Gasteiger charge is -2.10. The minimum absolute atomic E-state index is 0.208. The van der Waals surface area contributed by atoms with Crippen LogP contribution in [0.25, 0.3) is 17.5 Å². The third-order valence-electron chi connectivity index (χ3n) is 3.97. The van der Waals surface area contributed by atoms with E-state index in [0.29, 0.717) is 28.0 Å². The Morgan fingerprint density at radius 2 is 1.90 bits per heavy atom. The number of carbonyl (C=O) groups excluding carboxylic acids is 1. The first-order valence-electron chi connectivity index (χ1n) is 8.71. The number of carbonyl (C=O) groups is 1. The normalized spacial score (nSPS) is 12.0. The summed E-state index contributed by atoms with van der Waals surface area (Å²) in [7, 11) is 3.00. The second-order valence-corrected chi connectivity index (χ2v) is 6.37. The molecule has 0 N–H and O–H groups in total. The molecule has 0 bridgehead atoms. The maximum atomic E-state index is 12.2. The molecule has 150 valence electrons. The van der Waals surface area contributed by atoms with Gasteiger partial charge in [0.25, 0.3) is 5.89 Å². The SMILES string of the molecule is COc1cc(/C=C/C(=O)O[C@@H](C)c2nnc(-c3ccccc3)o2)cc(Cl)c1OC.